The number of hydrazine groups is 1. The maximum absolute atomic E-state index is 12.6. The van der Waals surface area contributed by atoms with Gasteiger partial charge < -0.3 is 25.0 Å². The van der Waals surface area contributed by atoms with Crippen molar-refractivity contribution in [3.63, 3.8) is 0 Å². The third-order valence-electron chi connectivity index (χ3n) is 4.54. The van der Waals surface area contributed by atoms with Crippen molar-refractivity contribution in [1.82, 2.24) is 16.2 Å². The van der Waals surface area contributed by atoms with Gasteiger partial charge in [0.2, 0.25) is 5.91 Å². The summed E-state index contributed by atoms with van der Waals surface area (Å²) in [6.45, 7) is 0.667. The number of nitrogens with one attached hydrogen (secondary N) is 3. The Morgan fingerprint density at radius 1 is 1.07 bits per heavy atom. The summed E-state index contributed by atoms with van der Waals surface area (Å²) in [6, 6.07) is 7.43. The number of carboxylic acid groups (broad SMARTS) is 2. The Morgan fingerprint density at radius 2 is 1.73 bits per heavy atom. The number of carboxylic acids is 2. The Morgan fingerprint density at radius 3 is 2.33 bits per heavy atom. The van der Waals surface area contributed by atoms with Crippen LogP contribution < -0.4 is 20.9 Å². The highest BCUT2D eigenvalue weighted by Gasteiger charge is 2.52. The summed E-state index contributed by atoms with van der Waals surface area (Å²) >= 11 is 0. The number of ether oxygens (including phenoxy) is 2. The molecule has 1 fully saturated rings. The highest BCUT2D eigenvalue weighted by molar-refractivity contribution is 6.04. The average Bonchev–Trinajstić information content (AvgIpc) is 2.74. The lowest BCUT2D eigenvalue weighted by Gasteiger charge is -2.28. The van der Waals surface area contributed by atoms with Crippen molar-refractivity contribution in [2.45, 2.75) is 31.5 Å². The Hall–Kier alpha value is -3.18. The Bertz CT molecular complexity index is 751. The lowest BCUT2D eigenvalue weighted by molar-refractivity contribution is -0.214. The van der Waals surface area contributed by atoms with Crippen molar-refractivity contribution in [2.75, 3.05) is 19.7 Å². The number of hydrogen-bond donors (Lipinski definition) is 5. The van der Waals surface area contributed by atoms with E-state index >= 15 is 0 Å². The molecular formula is C19H25N3O8. The molecule has 0 spiro atoms. The number of benzene rings is 1. The molecule has 5 N–H and O–H groups in total. The van der Waals surface area contributed by atoms with Gasteiger partial charge in [0, 0.05) is 6.42 Å². The standard InChI is InChI=1S/C19H25N3O8/c23-15(7-6-13-8-10-20-11-9-13)21-22-17(26)19(18(27)28,29-12-16(24)25)30-14-4-2-1-3-5-14/h1-5,13,20H,6-12H2,(H,21,23)(H,22,26)(H,24,25)(H,27,28). The number of amides is 2. The first kappa shape index (κ1) is 23.1. The van der Waals surface area contributed by atoms with Crippen LogP contribution in [-0.4, -0.2) is 59.4 Å². The number of hydrogen-bond acceptors (Lipinski definition) is 7. The van der Waals surface area contributed by atoms with Gasteiger partial charge in [0.15, 0.2) is 0 Å². The van der Waals surface area contributed by atoms with Crippen molar-refractivity contribution in [1.29, 1.82) is 0 Å². The minimum Gasteiger partial charge on any atom is -0.480 e. The second kappa shape index (κ2) is 11.1. The highest BCUT2D eigenvalue weighted by Crippen LogP contribution is 2.21. The average molecular weight is 423 g/mol. The van der Waals surface area contributed by atoms with E-state index < -0.39 is 36.1 Å². The monoisotopic (exact) mass is 423 g/mol. The maximum Gasteiger partial charge on any atom is 0.394 e. The summed E-state index contributed by atoms with van der Waals surface area (Å²) in [4.78, 5) is 47.3. The second-order valence-corrected chi connectivity index (χ2v) is 6.75. The number of aliphatic carboxylic acids is 2. The molecule has 1 aromatic rings. The normalized spacial score (nSPS) is 16.1. The van der Waals surface area contributed by atoms with E-state index in [1.54, 1.807) is 6.07 Å². The van der Waals surface area contributed by atoms with Gasteiger partial charge in [-0.05, 0) is 50.4 Å². The molecule has 1 heterocycles. The quantitative estimate of drug-likeness (QED) is 0.196. The van der Waals surface area contributed by atoms with Gasteiger partial charge in [-0.3, -0.25) is 20.4 Å². The maximum atomic E-state index is 12.6. The summed E-state index contributed by atoms with van der Waals surface area (Å²) in [6.07, 6.45) is 2.68. The summed E-state index contributed by atoms with van der Waals surface area (Å²) in [5.41, 5.74) is 4.09. The Balaban J connectivity index is 2.02. The topological polar surface area (TPSA) is 163 Å². The van der Waals surface area contributed by atoms with E-state index in [2.05, 4.69) is 10.7 Å². The SMILES string of the molecule is O=C(O)COC(Oc1ccccc1)(C(=O)O)C(=O)NNC(=O)CCC1CCNCC1. The van der Waals surface area contributed by atoms with Crippen LogP contribution in [0.25, 0.3) is 0 Å². The van der Waals surface area contributed by atoms with Gasteiger partial charge in [-0.2, -0.15) is 0 Å². The first-order chi connectivity index (χ1) is 14.3. The molecule has 11 nitrogen and oxygen atoms in total. The molecule has 0 aliphatic carbocycles. The minimum atomic E-state index is -3.01. The second-order valence-electron chi connectivity index (χ2n) is 6.75. The lowest BCUT2D eigenvalue weighted by Crippen LogP contribution is -2.62. The van der Waals surface area contributed by atoms with E-state index in [0.29, 0.717) is 12.3 Å². The van der Waals surface area contributed by atoms with Crippen LogP contribution in [0.2, 0.25) is 0 Å². The van der Waals surface area contributed by atoms with E-state index in [9.17, 15) is 24.3 Å². The van der Waals surface area contributed by atoms with E-state index in [0.717, 1.165) is 25.9 Å². The molecular weight excluding hydrogens is 398 g/mol. The summed E-state index contributed by atoms with van der Waals surface area (Å²) in [7, 11) is 0. The number of piperidine rings is 1. The minimum absolute atomic E-state index is 0.0438. The predicted octanol–water partition coefficient (Wildman–Crippen LogP) is -0.125. The number of rotatable bonds is 10. The largest absolute Gasteiger partial charge is 0.480 e. The summed E-state index contributed by atoms with van der Waals surface area (Å²) < 4.78 is 10.0. The number of carbonyl (C=O) groups excluding carboxylic acids is 2. The molecule has 1 atom stereocenters. The smallest absolute Gasteiger partial charge is 0.394 e. The van der Waals surface area contributed by atoms with Crippen molar-refractivity contribution >= 4 is 23.8 Å². The van der Waals surface area contributed by atoms with Crippen LogP contribution in [0.15, 0.2) is 30.3 Å². The van der Waals surface area contributed by atoms with Crippen LogP contribution in [0.3, 0.4) is 0 Å². The first-order valence-electron chi connectivity index (χ1n) is 9.46. The summed E-state index contributed by atoms with van der Waals surface area (Å²) in [5.74, 6) is -7.94. The zero-order valence-corrected chi connectivity index (χ0v) is 16.3. The predicted molar refractivity (Wildman–Crippen MR) is 102 cm³/mol. The van der Waals surface area contributed by atoms with Crippen LogP contribution in [0.5, 0.6) is 5.75 Å². The number of para-hydroxylation sites is 1. The fourth-order valence-corrected chi connectivity index (χ4v) is 2.94. The third-order valence-corrected chi connectivity index (χ3v) is 4.54. The Labute approximate surface area is 172 Å². The van der Waals surface area contributed by atoms with E-state index in [1.165, 1.54) is 24.3 Å². The van der Waals surface area contributed by atoms with Crippen molar-refractivity contribution in [2.24, 2.45) is 5.92 Å². The zero-order chi connectivity index (χ0) is 22.0. The molecule has 1 aliphatic heterocycles. The van der Waals surface area contributed by atoms with Gasteiger partial charge in [0.05, 0.1) is 0 Å². The van der Waals surface area contributed by atoms with E-state index in [1.807, 2.05) is 5.43 Å². The van der Waals surface area contributed by atoms with Crippen LogP contribution >= 0.6 is 0 Å². The van der Waals surface area contributed by atoms with Gasteiger partial charge in [-0.15, -0.1) is 0 Å². The van der Waals surface area contributed by atoms with Crippen molar-refractivity contribution in [3.8, 4) is 5.75 Å². The molecule has 1 unspecified atom stereocenters. The van der Waals surface area contributed by atoms with E-state index in [4.69, 9.17) is 14.6 Å². The zero-order valence-electron chi connectivity index (χ0n) is 16.3. The molecule has 0 radical (unpaired) electrons. The highest BCUT2D eigenvalue weighted by atomic mass is 16.7. The van der Waals surface area contributed by atoms with Gasteiger partial charge in [-0.1, -0.05) is 18.2 Å². The molecule has 0 aromatic heterocycles. The van der Waals surface area contributed by atoms with Gasteiger partial charge in [-0.25, -0.2) is 9.59 Å². The van der Waals surface area contributed by atoms with Gasteiger partial charge >= 0.3 is 23.6 Å². The molecule has 0 bridgehead atoms. The van der Waals surface area contributed by atoms with Crippen LogP contribution in [0.1, 0.15) is 25.7 Å². The van der Waals surface area contributed by atoms with Crippen LogP contribution in [0, 0.1) is 5.92 Å². The summed E-state index contributed by atoms with van der Waals surface area (Å²) in [5, 5.41) is 21.7. The molecule has 1 aliphatic rings. The first-order valence-corrected chi connectivity index (χ1v) is 9.46. The molecule has 2 amide bonds. The molecule has 0 saturated carbocycles. The molecule has 1 aromatic carbocycles. The Kier molecular flexibility index (Phi) is 8.56. The lowest BCUT2D eigenvalue weighted by atomic mass is 9.93. The van der Waals surface area contributed by atoms with E-state index in [-0.39, 0.29) is 12.2 Å². The van der Waals surface area contributed by atoms with Crippen LogP contribution in [-0.2, 0) is 23.9 Å². The van der Waals surface area contributed by atoms with Crippen molar-refractivity contribution < 1.29 is 38.9 Å². The fourth-order valence-electron chi connectivity index (χ4n) is 2.94. The van der Waals surface area contributed by atoms with Crippen LogP contribution in [0.4, 0.5) is 0 Å². The van der Waals surface area contributed by atoms with Gasteiger partial charge in [0.1, 0.15) is 12.4 Å². The molecule has 11 heteroatoms. The molecule has 30 heavy (non-hydrogen) atoms. The molecule has 1 saturated heterocycles. The third kappa shape index (κ3) is 6.71. The van der Waals surface area contributed by atoms with Gasteiger partial charge in [0.25, 0.3) is 0 Å². The number of carbonyl (C=O) groups is 4. The van der Waals surface area contributed by atoms with Crippen molar-refractivity contribution in [3.05, 3.63) is 30.3 Å². The fraction of sp³-hybridized carbons (Fsp3) is 0.474. The molecule has 164 valence electrons. The molecule has 2 rings (SSSR count).